The zero-order chi connectivity index (χ0) is 18.9. The summed E-state index contributed by atoms with van der Waals surface area (Å²) in [4.78, 5) is 16.3. The fourth-order valence-corrected chi connectivity index (χ4v) is 3.44. The van der Waals surface area contributed by atoms with Gasteiger partial charge in [0.05, 0.1) is 6.54 Å². The van der Waals surface area contributed by atoms with E-state index in [9.17, 15) is 4.79 Å². The summed E-state index contributed by atoms with van der Waals surface area (Å²) >= 11 is 0. The minimum atomic E-state index is -0.0898. The molecule has 0 spiro atoms. The summed E-state index contributed by atoms with van der Waals surface area (Å²) < 4.78 is 11.6. The van der Waals surface area contributed by atoms with Crippen LogP contribution in [0.4, 0.5) is 0 Å². The highest BCUT2D eigenvalue weighted by Gasteiger charge is 2.20. The molecular weight excluding hydrogens is 344 g/mol. The number of nitrogens with one attached hydrogen (secondary N) is 3. The van der Waals surface area contributed by atoms with Crippen molar-refractivity contribution in [2.45, 2.75) is 50.7 Å². The van der Waals surface area contributed by atoms with Crippen LogP contribution in [0.3, 0.4) is 0 Å². The Kier molecular flexibility index (Phi) is 7.19. The molecule has 148 valence electrons. The predicted molar refractivity (Wildman–Crippen MR) is 105 cm³/mol. The summed E-state index contributed by atoms with van der Waals surface area (Å²) in [6.07, 6.45) is 6.29. The molecule has 1 aromatic carbocycles. The first-order valence-corrected chi connectivity index (χ1v) is 9.87. The summed E-state index contributed by atoms with van der Waals surface area (Å²) in [5.41, 5.74) is 0. The van der Waals surface area contributed by atoms with Crippen LogP contribution in [0.15, 0.2) is 29.3 Å². The minimum absolute atomic E-state index is 0.0898. The molecule has 7 heteroatoms. The van der Waals surface area contributed by atoms with Gasteiger partial charge in [-0.3, -0.25) is 9.79 Å². The number of carbonyl (C=O) groups excluding carboxylic acids is 1. The molecule has 7 nitrogen and oxygen atoms in total. The summed E-state index contributed by atoms with van der Waals surface area (Å²) in [7, 11) is 1.71. The van der Waals surface area contributed by atoms with Crippen molar-refractivity contribution in [1.29, 1.82) is 0 Å². The van der Waals surface area contributed by atoms with E-state index >= 15 is 0 Å². The molecule has 0 bridgehead atoms. The van der Waals surface area contributed by atoms with Crippen LogP contribution < -0.4 is 25.4 Å². The second-order valence-electron chi connectivity index (χ2n) is 7.03. The Morgan fingerprint density at radius 3 is 2.70 bits per heavy atom. The molecule has 3 N–H and O–H groups in total. The maximum atomic E-state index is 12.1. The quantitative estimate of drug-likeness (QED) is 0.523. The fraction of sp³-hybridized carbons (Fsp3) is 0.600. The number of amides is 1. The third-order valence-electron chi connectivity index (χ3n) is 4.90. The Hall–Kier alpha value is -2.44. The van der Waals surface area contributed by atoms with Gasteiger partial charge < -0.3 is 25.4 Å². The number of hydrogen-bond acceptors (Lipinski definition) is 4. The van der Waals surface area contributed by atoms with Gasteiger partial charge in [-0.15, -0.1) is 0 Å². The van der Waals surface area contributed by atoms with E-state index in [1.807, 2.05) is 24.3 Å². The molecule has 2 aliphatic rings. The number of aliphatic imine (C=N–C) groups is 1. The number of ether oxygens (including phenoxy) is 2. The molecule has 0 aromatic heterocycles. The monoisotopic (exact) mass is 374 g/mol. The van der Waals surface area contributed by atoms with Crippen molar-refractivity contribution in [3.8, 4) is 11.5 Å². The maximum Gasteiger partial charge on any atom is 0.221 e. The standard InChI is InChI=1S/C20H30N4O3/c1-21-20(22-12-11-19(25)24-15-7-3-2-4-8-15)23-13-16-14-26-17-9-5-6-10-18(17)27-16/h5-6,9-10,15-16H,2-4,7-8,11-14H2,1H3,(H,24,25)(H2,21,22,23). The smallest absolute Gasteiger partial charge is 0.221 e. The Balaban J connectivity index is 1.33. The lowest BCUT2D eigenvalue weighted by molar-refractivity contribution is -0.121. The zero-order valence-electron chi connectivity index (χ0n) is 16.0. The van der Waals surface area contributed by atoms with E-state index in [1.54, 1.807) is 7.05 Å². The van der Waals surface area contributed by atoms with Crippen molar-refractivity contribution in [2.24, 2.45) is 4.99 Å². The Morgan fingerprint density at radius 1 is 1.15 bits per heavy atom. The Bertz CT molecular complexity index is 644. The Labute approximate surface area is 160 Å². The van der Waals surface area contributed by atoms with Crippen LogP contribution in [0.25, 0.3) is 0 Å². The van der Waals surface area contributed by atoms with Crippen LogP contribution in [0, 0.1) is 0 Å². The number of guanidine groups is 1. The van der Waals surface area contributed by atoms with Gasteiger partial charge in [0.2, 0.25) is 5.91 Å². The molecule has 27 heavy (non-hydrogen) atoms. The van der Waals surface area contributed by atoms with Gasteiger partial charge in [-0.05, 0) is 25.0 Å². The summed E-state index contributed by atoms with van der Waals surface area (Å²) in [6, 6.07) is 8.01. The van der Waals surface area contributed by atoms with E-state index in [2.05, 4.69) is 20.9 Å². The molecule has 1 fully saturated rings. The molecule has 1 amide bonds. The number of benzene rings is 1. The molecule has 1 aromatic rings. The second kappa shape index (κ2) is 10.0. The number of fused-ring (bicyclic) bond motifs is 1. The van der Waals surface area contributed by atoms with E-state index in [0.717, 1.165) is 24.3 Å². The van der Waals surface area contributed by atoms with E-state index in [4.69, 9.17) is 9.47 Å². The molecule has 0 saturated heterocycles. The molecule has 1 atom stereocenters. The number of hydrogen-bond donors (Lipinski definition) is 3. The van der Waals surface area contributed by atoms with Crippen molar-refractivity contribution in [1.82, 2.24) is 16.0 Å². The van der Waals surface area contributed by atoms with Crippen molar-refractivity contribution in [2.75, 3.05) is 26.7 Å². The molecular formula is C20H30N4O3. The highest BCUT2D eigenvalue weighted by Crippen LogP contribution is 2.30. The van der Waals surface area contributed by atoms with Gasteiger partial charge in [-0.2, -0.15) is 0 Å². The Morgan fingerprint density at radius 2 is 1.93 bits per heavy atom. The number of nitrogens with zero attached hydrogens (tertiary/aromatic N) is 1. The average Bonchev–Trinajstić information content (AvgIpc) is 2.71. The number of rotatable bonds is 6. The molecule has 1 heterocycles. The van der Waals surface area contributed by atoms with Crippen LogP contribution in [-0.4, -0.2) is 50.8 Å². The van der Waals surface area contributed by atoms with Gasteiger partial charge in [0.1, 0.15) is 12.7 Å². The van der Waals surface area contributed by atoms with E-state index in [0.29, 0.717) is 38.1 Å². The summed E-state index contributed by atoms with van der Waals surface area (Å²) in [5, 5.41) is 9.53. The minimum Gasteiger partial charge on any atom is -0.486 e. The second-order valence-corrected chi connectivity index (χ2v) is 7.03. The normalized spacial score (nSPS) is 20.0. The van der Waals surface area contributed by atoms with Crippen molar-refractivity contribution in [3.05, 3.63) is 24.3 Å². The van der Waals surface area contributed by atoms with Crippen molar-refractivity contribution >= 4 is 11.9 Å². The van der Waals surface area contributed by atoms with Crippen LogP contribution >= 0.6 is 0 Å². The SMILES string of the molecule is CN=C(NCCC(=O)NC1CCCCC1)NCC1COc2ccccc2O1. The lowest BCUT2D eigenvalue weighted by Crippen LogP contribution is -2.46. The van der Waals surface area contributed by atoms with Gasteiger partial charge in [-0.1, -0.05) is 31.4 Å². The van der Waals surface area contributed by atoms with Crippen LogP contribution in [0.2, 0.25) is 0 Å². The first kappa shape index (κ1) is 19.3. The average molecular weight is 374 g/mol. The van der Waals surface area contributed by atoms with Crippen LogP contribution in [0.5, 0.6) is 11.5 Å². The van der Waals surface area contributed by atoms with Gasteiger partial charge in [-0.25, -0.2) is 0 Å². The first-order chi connectivity index (χ1) is 13.2. The molecule has 3 rings (SSSR count). The van der Waals surface area contributed by atoms with E-state index in [1.165, 1.54) is 19.3 Å². The third kappa shape index (κ3) is 6.05. The molecule has 1 aliphatic heterocycles. The predicted octanol–water partition coefficient (Wildman–Crippen LogP) is 1.83. The first-order valence-electron chi connectivity index (χ1n) is 9.87. The van der Waals surface area contributed by atoms with Gasteiger partial charge in [0.15, 0.2) is 17.5 Å². The third-order valence-corrected chi connectivity index (χ3v) is 4.90. The van der Waals surface area contributed by atoms with Crippen LogP contribution in [-0.2, 0) is 4.79 Å². The number of carbonyl (C=O) groups is 1. The largest absolute Gasteiger partial charge is 0.486 e. The van der Waals surface area contributed by atoms with Crippen molar-refractivity contribution in [3.63, 3.8) is 0 Å². The molecule has 0 radical (unpaired) electrons. The van der Waals surface area contributed by atoms with E-state index < -0.39 is 0 Å². The van der Waals surface area contributed by atoms with Crippen LogP contribution in [0.1, 0.15) is 38.5 Å². The highest BCUT2D eigenvalue weighted by molar-refractivity contribution is 5.81. The van der Waals surface area contributed by atoms with Gasteiger partial charge >= 0.3 is 0 Å². The highest BCUT2D eigenvalue weighted by atomic mass is 16.6. The lowest BCUT2D eigenvalue weighted by atomic mass is 9.95. The zero-order valence-corrected chi connectivity index (χ0v) is 16.0. The number of para-hydroxylation sites is 2. The molecule has 1 unspecified atom stereocenters. The van der Waals surface area contributed by atoms with E-state index in [-0.39, 0.29) is 12.0 Å². The summed E-state index contributed by atoms with van der Waals surface area (Å²) in [6.45, 7) is 1.61. The summed E-state index contributed by atoms with van der Waals surface area (Å²) in [5.74, 6) is 2.30. The maximum absolute atomic E-state index is 12.1. The lowest BCUT2D eigenvalue weighted by Gasteiger charge is -2.27. The topological polar surface area (TPSA) is 84.0 Å². The molecule has 1 aliphatic carbocycles. The van der Waals surface area contributed by atoms with Crippen molar-refractivity contribution < 1.29 is 14.3 Å². The van der Waals surface area contributed by atoms with Gasteiger partial charge in [0, 0.05) is 26.1 Å². The fourth-order valence-electron chi connectivity index (χ4n) is 3.44. The van der Waals surface area contributed by atoms with Gasteiger partial charge in [0.25, 0.3) is 0 Å². The molecule has 1 saturated carbocycles.